The van der Waals surface area contributed by atoms with E-state index < -0.39 is 0 Å². The van der Waals surface area contributed by atoms with Crippen molar-refractivity contribution in [1.29, 1.82) is 0 Å². The molecule has 1 rings (SSSR count). The Bertz CT molecular complexity index is 255. The molecule has 2 heteroatoms. The van der Waals surface area contributed by atoms with E-state index in [1.807, 2.05) is 0 Å². The smallest absolute Gasteiger partial charge is 0.137 e. The van der Waals surface area contributed by atoms with Crippen LogP contribution < -0.4 is 0 Å². The van der Waals surface area contributed by atoms with Gasteiger partial charge in [-0.25, -0.2) is 4.39 Å². The van der Waals surface area contributed by atoms with E-state index in [2.05, 4.69) is 19.2 Å². The van der Waals surface area contributed by atoms with Crippen molar-refractivity contribution >= 4 is 11.3 Å². The lowest BCUT2D eigenvalue weighted by molar-refractivity contribution is 0.444. The predicted molar refractivity (Wildman–Crippen MR) is 60.1 cm³/mol. The minimum absolute atomic E-state index is 0.0649. The molecular weight excluding hydrogens is 195 g/mol. The molecule has 0 aliphatic carbocycles. The zero-order chi connectivity index (χ0) is 10.4. The van der Waals surface area contributed by atoms with Crippen LogP contribution in [0.5, 0.6) is 0 Å². The second-order valence-corrected chi connectivity index (χ2v) is 4.69. The molecule has 0 N–H and O–H groups in total. The molecule has 1 aromatic rings. The third-order valence-corrected chi connectivity index (χ3v) is 3.50. The van der Waals surface area contributed by atoms with Gasteiger partial charge < -0.3 is 0 Å². The van der Waals surface area contributed by atoms with Crippen molar-refractivity contribution in [2.75, 3.05) is 0 Å². The standard InChI is InChI=1S/C12H18FS/c1-3-5-6-10(4-2)9-12-11(13)7-8-14-12/h7,10H,3-6,9H2,1-2H3. The van der Waals surface area contributed by atoms with E-state index in [0.717, 1.165) is 17.7 Å². The van der Waals surface area contributed by atoms with E-state index in [1.54, 1.807) is 0 Å². The third-order valence-electron chi connectivity index (χ3n) is 2.65. The molecule has 1 atom stereocenters. The van der Waals surface area contributed by atoms with Crippen molar-refractivity contribution in [3.05, 3.63) is 22.1 Å². The minimum Gasteiger partial charge on any atom is -0.206 e. The molecule has 0 aliphatic heterocycles. The fourth-order valence-electron chi connectivity index (χ4n) is 1.63. The highest BCUT2D eigenvalue weighted by molar-refractivity contribution is 7.09. The molecule has 0 nitrogen and oxygen atoms in total. The first-order chi connectivity index (χ1) is 6.77. The van der Waals surface area contributed by atoms with E-state index in [1.165, 1.54) is 36.7 Å². The lowest BCUT2D eigenvalue weighted by Gasteiger charge is -2.12. The van der Waals surface area contributed by atoms with E-state index in [0.29, 0.717) is 5.92 Å². The Morgan fingerprint density at radius 1 is 1.50 bits per heavy atom. The van der Waals surface area contributed by atoms with Crippen molar-refractivity contribution in [3.8, 4) is 0 Å². The van der Waals surface area contributed by atoms with Gasteiger partial charge in [-0.05, 0) is 18.4 Å². The summed E-state index contributed by atoms with van der Waals surface area (Å²) in [5.74, 6) is 0.585. The van der Waals surface area contributed by atoms with Crippen LogP contribution in [0.4, 0.5) is 4.39 Å². The zero-order valence-corrected chi connectivity index (χ0v) is 9.79. The molecule has 79 valence electrons. The Morgan fingerprint density at radius 2 is 2.29 bits per heavy atom. The number of thiophene rings is 1. The first kappa shape index (κ1) is 11.7. The molecule has 1 heterocycles. The van der Waals surface area contributed by atoms with Crippen LogP contribution in [0.15, 0.2) is 6.07 Å². The maximum absolute atomic E-state index is 13.1. The van der Waals surface area contributed by atoms with E-state index in [4.69, 9.17) is 0 Å². The van der Waals surface area contributed by atoms with Gasteiger partial charge in [0.2, 0.25) is 0 Å². The first-order valence-electron chi connectivity index (χ1n) is 5.42. The van der Waals surface area contributed by atoms with Crippen LogP contribution in [0, 0.1) is 17.1 Å². The highest BCUT2D eigenvalue weighted by atomic mass is 32.1. The third kappa shape index (κ3) is 3.41. The lowest BCUT2D eigenvalue weighted by atomic mass is 9.95. The Morgan fingerprint density at radius 3 is 2.79 bits per heavy atom. The number of hydrogen-bond acceptors (Lipinski definition) is 1. The van der Waals surface area contributed by atoms with Gasteiger partial charge in [0, 0.05) is 10.3 Å². The van der Waals surface area contributed by atoms with Crippen molar-refractivity contribution in [3.63, 3.8) is 0 Å². The molecule has 0 aromatic carbocycles. The van der Waals surface area contributed by atoms with Gasteiger partial charge in [0.1, 0.15) is 5.82 Å². The fourth-order valence-corrected chi connectivity index (χ4v) is 2.41. The number of unbranched alkanes of at least 4 members (excludes halogenated alkanes) is 1. The second kappa shape index (κ2) is 6.18. The average molecular weight is 213 g/mol. The highest BCUT2D eigenvalue weighted by Crippen LogP contribution is 2.23. The second-order valence-electron chi connectivity index (χ2n) is 3.76. The van der Waals surface area contributed by atoms with E-state index in [9.17, 15) is 4.39 Å². The summed E-state index contributed by atoms with van der Waals surface area (Å²) < 4.78 is 13.1. The fraction of sp³-hybridized carbons (Fsp3) is 0.667. The first-order valence-corrected chi connectivity index (χ1v) is 6.23. The van der Waals surface area contributed by atoms with Crippen LogP contribution in [0.25, 0.3) is 0 Å². The monoisotopic (exact) mass is 213 g/mol. The van der Waals surface area contributed by atoms with E-state index >= 15 is 0 Å². The summed E-state index contributed by atoms with van der Waals surface area (Å²) >= 11 is 1.43. The summed E-state index contributed by atoms with van der Waals surface area (Å²) in [5.41, 5.74) is 0. The molecule has 1 radical (unpaired) electrons. The summed E-state index contributed by atoms with van der Waals surface area (Å²) in [5, 5.41) is 2.85. The Hall–Kier alpha value is -0.370. The summed E-state index contributed by atoms with van der Waals surface area (Å²) in [6, 6.07) is 1.45. The van der Waals surface area contributed by atoms with Crippen molar-refractivity contribution in [2.24, 2.45) is 5.92 Å². The maximum atomic E-state index is 13.1. The Labute approximate surface area is 90.2 Å². The van der Waals surface area contributed by atoms with Crippen LogP contribution in [0.1, 0.15) is 44.4 Å². The minimum atomic E-state index is -0.0649. The quantitative estimate of drug-likeness (QED) is 0.655. The molecule has 0 amide bonds. The molecular formula is C12H18FS. The summed E-state index contributed by atoms with van der Waals surface area (Å²) in [6.07, 6.45) is 5.77. The SMILES string of the molecule is CCCCC(CC)Cc1s[c]cc1F. The lowest BCUT2D eigenvalue weighted by Crippen LogP contribution is -2.03. The van der Waals surface area contributed by atoms with Gasteiger partial charge in [0.25, 0.3) is 0 Å². The highest BCUT2D eigenvalue weighted by Gasteiger charge is 2.11. The number of hydrogen-bond donors (Lipinski definition) is 0. The molecule has 1 aromatic heterocycles. The largest absolute Gasteiger partial charge is 0.206 e. The number of rotatable bonds is 6. The van der Waals surface area contributed by atoms with Crippen LogP contribution >= 0.6 is 11.3 Å². The number of halogens is 1. The van der Waals surface area contributed by atoms with Crippen LogP contribution in [0.2, 0.25) is 0 Å². The van der Waals surface area contributed by atoms with Gasteiger partial charge in [-0.15, -0.1) is 11.3 Å². The van der Waals surface area contributed by atoms with Crippen LogP contribution in [-0.2, 0) is 6.42 Å². The summed E-state index contributed by atoms with van der Waals surface area (Å²) in [4.78, 5) is 0.882. The summed E-state index contributed by atoms with van der Waals surface area (Å²) in [7, 11) is 0. The molecule has 0 fully saturated rings. The van der Waals surface area contributed by atoms with Crippen molar-refractivity contribution < 1.29 is 4.39 Å². The maximum Gasteiger partial charge on any atom is 0.137 e. The summed E-state index contributed by atoms with van der Waals surface area (Å²) in [6.45, 7) is 4.39. The van der Waals surface area contributed by atoms with Gasteiger partial charge >= 0.3 is 0 Å². The molecule has 14 heavy (non-hydrogen) atoms. The Balaban J connectivity index is 2.44. The molecule has 0 saturated carbocycles. The van der Waals surface area contributed by atoms with Gasteiger partial charge in [0.15, 0.2) is 0 Å². The van der Waals surface area contributed by atoms with Crippen molar-refractivity contribution in [2.45, 2.75) is 46.0 Å². The van der Waals surface area contributed by atoms with Gasteiger partial charge in [-0.1, -0.05) is 39.5 Å². The molecule has 0 saturated heterocycles. The van der Waals surface area contributed by atoms with Crippen LogP contribution in [0.3, 0.4) is 0 Å². The Kier molecular flexibility index (Phi) is 5.16. The van der Waals surface area contributed by atoms with E-state index in [-0.39, 0.29) is 5.82 Å². The van der Waals surface area contributed by atoms with Crippen molar-refractivity contribution in [1.82, 2.24) is 0 Å². The van der Waals surface area contributed by atoms with Gasteiger partial charge in [0.05, 0.1) is 0 Å². The average Bonchev–Trinajstić information content (AvgIpc) is 2.59. The predicted octanol–water partition coefficient (Wildman–Crippen LogP) is 4.45. The normalized spacial score (nSPS) is 13.1. The topological polar surface area (TPSA) is 0 Å². The zero-order valence-electron chi connectivity index (χ0n) is 8.98. The van der Waals surface area contributed by atoms with Gasteiger partial charge in [-0.3, -0.25) is 0 Å². The molecule has 0 spiro atoms. The molecule has 1 unspecified atom stereocenters. The molecule has 0 bridgehead atoms. The van der Waals surface area contributed by atoms with Crippen LogP contribution in [-0.4, -0.2) is 0 Å². The molecule has 0 aliphatic rings. The van der Waals surface area contributed by atoms with Gasteiger partial charge in [-0.2, -0.15) is 0 Å².